The molecule has 1 aliphatic heterocycles. The third kappa shape index (κ3) is 3.79. The fourth-order valence-corrected chi connectivity index (χ4v) is 3.89. The molecule has 1 fully saturated rings. The molecular weight excluding hydrogens is 336 g/mol. The van der Waals surface area contributed by atoms with E-state index in [0.717, 1.165) is 54.2 Å². The minimum atomic E-state index is 0.475. The highest BCUT2D eigenvalue weighted by Gasteiger charge is 2.17. The third-order valence-corrected chi connectivity index (χ3v) is 5.33. The monoisotopic (exact) mass is 360 g/mol. The molecule has 2 aromatic heterocycles. The fraction of sp³-hybridized carbons (Fsp3) is 0.381. The Morgan fingerprint density at radius 2 is 2.22 bits per heavy atom. The molecule has 0 spiro atoms. The lowest BCUT2D eigenvalue weighted by atomic mass is 9.96. The summed E-state index contributed by atoms with van der Waals surface area (Å²) in [4.78, 5) is 12.2. The van der Waals surface area contributed by atoms with E-state index in [9.17, 15) is 0 Å². The van der Waals surface area contributed by atoms with E-state index in [-0.39, 0.29) is 0 Å². The summed E-state index contributed by atoms with van der Waals surface area (Å²) >= 11 is 0. The quantitative estimate of drug-likeness (QED) is 0.650. The van der Waals surface area contributed by atoms with Crippen LogP contribution in [0.3, 0.4) is 0 Å². The van der Waals surface area contributed by atoms with Crippen LogP contribution in [0.25, 0.3) is 10.9 Å². The van der Waals surface area contributed by atoms with E-state index in [2.05, 4.69) is 44.6 Å². The predicted octanol–water partition coefficient (Wildman–Crippen LogP) is 3.26. The Kier molecular flexibility index (Phi) is 5.03. The van der Waals surface area contributed by atoms with Gasteiger partial charge in [-0.15, -0.1) is 0 Å². The van der Waals surface area contributed by atoms with Gasteiger partial charge in [-0.25, -0.2) is 9.97 Å². The first kappa shape index (κ1) is 17.5. The number of nitrogens with zero attached hydrogens (tertiary/aromatic N) is 3. The molecule has 3 heterocycles. The number of hydrogen-bond donors (Lipinski definition) is 3. The van der Waals surface area contributed by atoms with Gasteiger partial charge in [0.25, 0.3) is 0 Å². The van der Waals surface area contributed by atoms with Crippen molar-refractivity contribution in [2.45, 2.75) is 32.1 Å². The number of hydrogen-bond acceptors (Lipinski definition) is 5. The first-order chi connectivity index (χ1) is 13.2. The Hall–Kier alpha value is -2.91. The van der Waals surface area contributed by atoms with Crippen LogP contribution >= 0.6 is 0 Å². The van der Waals surface area contributed by atoms with Crippen molar-refractivity contribution in [2.24, 2.45) is 0 Å². The van der Waals surface area contributed by atoms with Gasteiger partial charge in [-0.05, 0) is 56.5 Å². The first-order valence-corrected chi connectivity index (χ1v) is 9.52. The van der Waals surface area contributed by atoms with Crippen molar-refractivity contribution in [3.8, 4) is 6.07 Å². The molecule has 1 atom stereocenters. The van der Waals surface area contributed by atoms with Gasteiger partial charge in [-0.1, -0.05) is 0 Å². The number of H-pyrrole nitrogens is 1. The summed E-state index contributed by atoms with van der Waals surface area (Å²) in [6.45, 7) is 4.96. The molecule has 0 aliphatic carbocycles. The molecule has 0 radical (unpaired) electrons. The minimum absolute atomic E-state index is 0.475. The molecule has 6 nitrogen and oxygen atoms in total. The fourth-order valence-electron chi connectivity index (χ4n) is 3.89. The smallest absolute Gasteiger partial charge is 0.129 e. The van der Waals surface area contributed by atoms with Crippen LogP contribution in [0.15, 0.2) is 30.6 Å². The molecule has 0 amide bonds. The number of aryl methyl sites for hydroxylation is 1. The van der Waals surface area contributed by atoms with Crippen molar-refractivity contribution in [3.63, 3.8) is 0 Å². The first-order valence-electron chi connectivity index (χ1n) is 9.52. The van der Waals surface area contributed by atoms with Crippen LogP contribution in [-0.4, -0.2) is 34.6 Å². The van der Waals surface area contributed by atoms with E-state index >= 15 is 0 Å². The summed E-state index contributed by atoms with van der Waals surface area (Å²) < 4.78 is 0. The van der Waals surface area contributed by atoms with Crippen molar-refractivity contribution in [2.75, 3.05) is 25.0 Å². The van der Waals surface area contributed by atoms with Gasteiger partial charge in [0.05, 0.1) is 17.3 Å². The molecule has 0 saturated carbocycles. The van der Waals surface area contributed by atoms with Gasteiger partial charge < -0.3 is 15.6 Å². The highest BCUT2D eigenvalue weighted by molar-refractivity contribution is 5.86. The van der Waals surface area contributed by atoms with Crippen LogP contribution in [0, 0.1) is 18.3 Å². The van der Waals surface area contributed by atoms with E-state index in [1.807, 2.05) is 18.2 Å². The van der Waals surface area contributed by atoms with E-state index < -0.39 is 0 Å². The van der Waals surface area contributed by atoms with Crippen LogP contribution in [0.2, 0.25) is 0 Å². The Morgan fingerprint density at radius 1 is 1.30 bits per heavy atom. The maximum absolute atomic E-state index is 9.16. The molecule has 1 aliphatic rings. The van der Waals surface area contributed by atoms with Crippen LogP contribution < -0.4 is 10.6 Å². The number of benzene rings is 1. The standard InChI is InChI=1S/C21H24N6/c1-14-17(18-9-15(11-22)4-5-19(18)27-14)6-8-24-21-10-20(25-13-26-21)16-3-2-7-23-12-16/h4-5,9-10,13,16,23,27H,2-3,6-8,12H2,1H3,(H,24,25,26). The van der Waals surface area contributed by atoms with Gasteiger partial charge in [0.1, 0.15) is 12.1 Å². The molecule has 0 bridgehead atoms. The van der Waals surface area contributed by atoms with Gasteiger partial charge in [0, 0.05) is 41.7 Å². The second-order valence-corrected chi connectivity index (χ2v) is 7.15. The zero-order valence-corrected chi connectivity index (χ0v) is 15.5. The average molecular weight is 360 g/mol. The van der Waals surface area contributed by atoms with Crippen LogP contribution in [0.1, 0.15) is 41.3 Å². The largest absolute Gasteiger partial charge is 0.370 e. The molecule has 3 aromatic rings. The van der Waals surface area contributed by atoms with Gasteiger partial charge in [-0.2, -0.15) is 5.26 Å². The number of nitrogens with one attached hydrogen (secondary N) is 3. The Bertz CT molecular complexity index is 978. The van der Waals surface area contributed by atoms with Crippen molar-refractivity contribution in [1.82, 2.24) is 20.3 Å². The number of aromatic amines is 1. The topological polar surface area (TPSA) is 89.4 Å². The molecular formula is C21H24N6. The summed E-state index contributed by atoms with van der Waals surface area (Å²) in [5, 5.41) is 17.2. The van der Waals surface area contributed by atoms with Crippen molar-refractivity contribution in [1.29, 1.82) is 5.26 Å². The maximum Gasteiger partial charge on any atom is 0.129 e. The van der Waals surface area contributed by atoms with Crippen molar-refractivity contribution in [3.05, 3.63) is 53.1 Å². The zero-order chi connectivity index (χ0) is 18.6. The number of rotatable bonds is 5. The summed E-state index contributed by atoms with van der Waals surface area (Å²) in [5.74, 6) is 1.35. The molecule has 1 unspecified atom stereocenters. The second-order valence-electron chi connectivity index (χ2n) is 7.15. The lowest BCUT2D eigenvalue weighted by Gasteiger charge is -2.22. The number of piperidine rings is 1. The number of nitriles is 1. The Morgan fingerprint density at radius 3 is 3.04 bits per heavy atom. The van der Waals surface area contributed by atoms with Gasteiger partial charge in [0.2, 0.25) is 0 Å². The SMILES string of the molecule is Cc1[nH]c2ccc(C#N)cc2c1CCNc1cc(C2CCCNC2)ncn1. The van der Waals surface area contributed by atoms with Gasteiger partial charge in [0.15, 0.2) is 0 Å². The summed E-state index contributed by atoms with van der Waals surface area (Å²) in [5.41, 5.74) is 5.29. The van der Waals surface area contributed by atoms with Crippen LogP contribution in [0.5, 0.6) is 0 Å². The summed E-state index contributed by atoms with van der Waals surface area (Å²) in [6, 6.07) is 10.1. The lowest BCUT2D eigenvalue weighted by Crippen LogP contribution is -2.28. The van der Waals surface area contributed by atoms with E-state index in [1.165, 1.54) is 18.4 Å². The Balaban J connectivity index is 1.45. The van der Waals surface area contributed by atoms with Crippen molar-refractivity contribution >= 4 is 16.7 Å². The molecule has 27 heavy (non-hydrogen) atoms. The van der Waals surface area contributed by atoms with E-state index in [1.54, 1.807) is 6.33 Å². The second kappa shape index (κ2) is 7.77. The Labute approximate surface area is 159 Å². The maximum atomic E-state index is 9.16. The molecule has 1 aromatic carbocycles. The highest BCUT2D eigenvalue weighted by atomic mass is 15.0. The third-order valence-electron chi connectivity index (χ3n) is 5.33. The van der Waals surface area contributed by atoms with Crippen LogP contribution in [0.4, 0.5) is 5.82 Å². The van der Waals surface area contributed by atoms with Gasteiger partial charge in [-0.3, -0.25) is 0 Å². The lowest BCUT2D eigenvalue weighted by molar-refractivity contribution is 0.454. The average Bonchev–Trinajstić information content (AvgIpc) is 3.03. The van der Waals surface area contributed by atoms with Crippen LogP contribution in [-0.2, 0) is 6.42 Å². The minimum Gasteiger partial charge on any atom is -0.370 e. The number of fused-ring (bicyclic) bond motifs is 1. The molecule has 1 saturated heterocycles. The number of aromatic nitrogens is 3. The van der Waals surface area contributed by atoms with Gasteiger partial charge >= 0.3 is 0 Å². The molecule has 4 rings (SSSR count). The molecule has 6 heteroatoms. The summed E-state index contributed by atoms with van der Waals surface area (Å²) in [6.07, 6.45) is 4.90. The van der Waals surface area contributed by atoms with Crippen molar-refractivity contribution < 1.29 is 0 Å². The summed E-state index contributed by atoms with van der Waals surface area (Å²) in [7, 11) is 0. The molecule has 138 valence electrons. The predicted molar refractivity (Wildman–Crippen MR) is 107 cm³/mol. The zero-order valence-electron chi connectivity index (χ0n) is 15.5. The molecule has 3 N–H and O–H groups in total. The number of anilines is 1. The highest BCUT2D eigenvalue weighted by Crippen LogP contribution is 2.25. The normalized spacial score (nSPS) is 17.0. The van der Waals surface area contributed by atoms with E-state index in [4.69, 9.17) is 5.26 Å². The van der Waals surface area contributed by atoms with E-state index in [0.29, 0.717) is 11.5 Å².